The lowest BCUT2D eigenvalue weighted by atomic mass is 9.88. The molecule has 1 aliphatic carbocycles. The van der Waals surface area contributed by atoms with Gasteiger partial charge in [0.15, 0.2) is 5.65 Å². The molecule has 6 rings (SSSR count). The highest BCUT2D eigenvalue weighted by atomic mass is 35.5. The molecule has 9 heteroatoms. The first-order valence-corrected chi connectivity index (χ1v) is 13.4. The Morgan fingerprint density at radius 3 is 2.61 bits per heavy atom. The predicted octanol–water partition coefficient (Wildman–Crippen LogP) is 5.69. The maximum absolute atomic E-state index is 15.1. The Balaban J connectivity index is 1.44. The number of pyridine rings is 1. The minimum absolute atomic E-state index is 0.00850. The van der Waals surface area contributed by atoms with E-state index < -0.39 is 5.82 Å². The Kier molecular flexibility index (Phi) is 6.40. The summed E-state index contributed by atoms with van der Waals surface area (Å²) in [6, 6.07) is 10.0. The van der Waals surface area contributed by atoms with Crippen molar-refractivity contribution in [1.29, 1.82) is 0 Å². The minimum Gasteiger partial charge on any atom is -0.373 e. The Bertz CT molecular complexity index is 1680. The van der Waals surface area contributed by atoms with Crippen molar-refractivity contribution in [2.45, 2.75) is 64.0 Å². The summed E-state index contributed by atoms with van der Waals surface area (Å²) in [5.41, 5.74) is 3.54. The molecule has 4 heterocycles. The summed E-state index contributed by atoms with van der Waals surface area (Å²) in [5, 5.41) is 5.02. The lowest BCUT2D eigenvalue weighted by molar-refractivity contribution is 0.00393. The van der Waals surface area contributed by atoms with Crippen LogP contribution in [0.3, 0.4) is 0 Å². The molecule has 0 radical (unpaired) electrons. The number of rotatable bonds is 4. The molecule has 0 unspecified atom stereocenters. The van der Waals surface area contributed by atoms with Crippen molar-refractivity contribution < 1.29 is 9.13 Å². The van der Waals surface area contributed by atoms with E-state index in [1.54, 1.807) is 32.0 Å². The highest BCUT2D eigenvalue weighted by molar-refractivity contribution is 6.30. The highest BCUT2D eigenvalue weighted by Gasteiger charge is 2.29. The Morgan fingerprint density at radius 1 is 1.05 bits per heavy atom. The molecule has 0 N–H and O–H groups in total. The fourth-order valence-corrected chi connectivity index (χ4v) is 5.55. The van der Waals surface area contributed by atoms with Crippen molar-refractivity contribution in [2.24, 2.45) is 0 Å². The molecule has 1 saturated heterocycles. The first-order valence-electron chi connectivity index (χ1n) is 13.0. The van der Waals surface area contributed by atoms with Crippen molar-refractivity contribution in [2.75, 3.05) is 6.61 Å². The predicted molar refractivity (Wildman–Crippen MR) is 143 cm³/mol. The topological polar surface area (TPSA) is 78.5 Å². The molecule has 2 atom stereocenters. The van der Waals surface area contributed by atoms with Gasteiger partial charge in [0.05, 0.1) is 11.8 Å². The number of ether oxygens (including phenoxy) is 1. The van der Waals surface area contributed by atoms with E-state index in [0.717, 1.165) is 24.8 Å². The molecule has 2 aliphatic rings. The third-order valence-corrected chi connectivity index (χ3v) is 8.24. The molecule has 7 nitrogen and oxygen atoms in total. The number of nitrogens with zero attached hydrogens (tertiary/aromatic N) is 4. The summed E-state index contributed by atoms with van der Waals surface area (Å²) in [6.45, 7) is 3.98. The molecule has 196 valence electrons. The first kappa shape index (κ1) is 24.9. The van der Waals surface area contributed by atoms with Gasteiger partial charge in [-0.25, -0.2) is 9.37 Å². The molecule has 0 amide bonds. The van der Waals surface area contributed by atoms with Gasteiger partial charge >= 0.3 is 0 Å². The quantitative estimate of drug-likeness (QED) is 0.336. The van der Waals surface area contributed by atoms with E-state index in [0.29, 0.717) is 53.2 Å². The molecule has 2 fully saturated rings. The zero-order chi connectivity index (χ0) is 26.6. The van der Waals surface area contributed by atoms with Crippen molar-refractivity contribution >= 4 is 17.2 Å². The first-order chi connectivity index (χ1) is 18.3. The van der Waals surface area contributed by atoms with Gasteiger partial charge in [0.25, 0.3) is 11.1 Å². The van der Waals surface area contributed by atoms with Gasteiger partial charge in [-0.05, 0) is 81.8 Å². The second-order valence-electron chi connectivity index (χ2n) is 10.3. The zero-order valence-electron chi connectivity index (χ0n) is 21.3. The average molecular weight is 535 g/mol. The molecule has 1 aromatic carbocycles. The summed E-state index contributed by atoms with van der Waals surface area (Å²) in [6.07, 6.45) is 6.21. The van der Waals surface area contributed by atoms with Crippen molar-refractivity contribution in [3.8, 4) is 11.1 Å². The third-order valence-electron chi connectivity index (χ3n) is 8.00. The van der Waals surface area contributed by atoms with Crippen LogP contribution in [0.15, 0.2) is 52.2 Å². The van der Waals surface area contributed by atoms with Crippen LogP contribution in [0.25, 0.3) is 16.8 Å². The lowest BCUT2D eigenvalue weighted by Crippen LogP contribution is -2.29. The molecule has 4 aromatic rings. The Hall–Kier alpha value is -3.36. The number of benzene rings is 1. The van der Waals surface area contributed by atoms with Gasteiger partial charge in [-0.2, -0.15) is 9.61 Å². The number of fused-ring (bicyclic) bond motifs is 1. The van der Waals surface area contributed by atoms with E-state index in [-0.39, 0.29) is 34.2 Å². The molecular formula is C29H28ClFN4O3. The second-order valence-corrected chi connectivity index (χ2v) is 10.8. The zero-order valence-corrected chi connectivity index (χ0v) is 22.0. The van der Waals surface area contributed by atoms with Crippen LogP contribution >= 0.6 is 11.6 Å². The van der Waals surface area contributed by atoms with Crippen LogP contribution in [0.5, 0.6) is 0 Å². The van der Waals surface area contributed by atoms with E-state index in [2.05, 4.69) is 4.98 Å². The van der Waals surface area contributed by atoms with Gasteiger partial charge < -0.3 is 9.30 Å². The summed E-state index contributed by atoms with van der Waals surface area (Å²) in [4.78, 5) is 30.3. The van der Waals surface area contributed by atoms with E-state index in [1.165, 1.54) is 10.6 Å². The summed E-state index contributed by atoms with van der Waals surface area (Å²) >= 11 is 6.02. The van der Waals surface area contributed by atoms with Crippen LogP contribution in [0, 0.1) is 19.7 Å². The van der Waals surface area contributed by atoms with Crippen molar-refractivity contribution in [1.82, 2.24) is 19.2 Å². The van der Waals surface area contributed by atoms with Crippen LogP contribution in [0.1, 0.15) is 72.7 Å². The van der Waals surface area contributed by atoms with E-state index in [9.17, 15) is 9.59 Å². The monoisotopic (exact) mass is 534 g/mol. The third kappa shape index (κ3) is 4.35. The molecule has 3 aromatic heterocycles. The SMILES string of the molecule is Cc1nc2c(-c3ccc(Cl)cc3F)cc([C@@H]3CCO[C@H](c4ccc(=O)n(C5CCC5)c4)C3)nn2c(=O)c1C. The summed E-state index contributed by atoms with van der Waals surface area (Å²) in [5.74, 6) is -0.531. The van der Waals surface area contributed by atoms with Crippen LogP contribution in [-0.4, -0.2) is 25.8 Å². The van der Waals surface area contributed by atoms with Crippen LogP contribution < -0.4 is 11.1 Å². The fraction of sp³-hybridized carbons (Fsp3) is 0.379. The Labute approximate surface area is 223 Å². The van der Waals surface area contributed by atoms with Crippen molar-refractivity contribution in [3.05, 3.63) is 96.7 Å². The van der Waals surface area contributed by atoms with Crippen LogP contribution in [-0.2, 0) is 4.74 Å². The van der Waals surface area contributed by atoms with E-state index >= 15 is 4.39 Å². The molecule has 0 spiro atoms. The summed E-state index contributed by atoms with van der Waals surface area (Å²) in [7, 11) is 0. The van der Waals surface area contributed by atoms with Gasteiger partial charge in [0.1, 0.15) is 5.82 Å². The largest absolute Gasteiger partial charge is 0.373 e. The highest BCUT2D eigenvalue weighted by Crippen LogP contribution is 2.39. The van der Waals surface area contributed by atoms with Crippen molar-refractivity contribution in [3.63, 3.8) is 0 Å². The van der Waals surface area contributed by atoms with Gasteiger partial charge in [-0.1, -0.05) is 11.6 Å². The molecule has 38 heavy (non-hydrogen) atoms. The summed E-state index contributed by atoms with van der Waals surface area (Å²) < 4.78 is 24.4. The Morgan fingerprint density at radius 2 is 1.87 bits per heavy atom. The number of hydrogen-bond donors (Lipinski definition) is 0. The number of aryl methyl sites for hydroxylation is 1. The van der Waals surface area contributed by atoms with Crippen LogP contribution in [0.2, 0.25) is 5.02 Å². The molecular weight excluding hydrogens is 507 g/mol. The van der Waals surface area contributed by atoms with Crippen LogP contribution in [0.4, 0.5) is 4.39 Å². The second kappa shape index (κ2) is 9.75. The maximum atomic E-state index is 15.1. The smallest absolute Gasteiger partial charge is 0.277 e. The standard InChI is InChI=1S/C29H28ClFN4O3/c1-16-17(2)32-28-23(22-8-7-20(30)13-24(22)31)14-25(33-35(28)29(16)37)18-10-11-38-26(12-18)19-6-9-27(36)34(15-19)21-4-3-5-21/h6-9,13-15,18,21,26H,3-5,10-12H2,1-2H3/t18-,26+/m1/s1. The van der Waals surface area contributed by atoms with Gasteiger partial charge in [-0.15, -0.1) is 0 Å². The number of hydrogen-bond acceptors (Lipinski definition) is 5. The van der Waals surface area contributed by atoms with Gasteiger partial charge in [0.2, 0.25) is 0 Å². The number of aromatic nitrogens is 4. The molecule has 1 aliphatic heterocycles. The fourth-order valence-electron chi connectivity index (χ4n) is 5.39. The number of halogens is 2. The lowest BCUT2D eigenvalue weighted by Gasteiger charge is -2.32. The van der Waals surface area contributed by atoms with E-state index in [1.807, 2.05) is 22.9 Å². The minimum atomic E-state index is -0.493. The normalized spacial score (nSPS) is 20.0. The van der Waals surface area contributed by atoms with E-state index in [4.69, 9.17) is 21.4 Å². The maximum Gasteiger partial charge on any atom is 0.277 e. The molecule has 1 saturated carbocycles. The molecule has 0 bridgehead atoms. The average Bonchev–Trinajstić information content (AvgIpc) is 2.87. The van der Waals surface area contributed by atoms with Gasteiger partial charge in [-0.3, -0.25) is 9.59 Å². The van der Waals surface area contributed by atoms with Gasteiger partial charge in [0, 0.05) is 58.2 Å².